The summed E-state index contributed by atoms with van der Waals surface area (Å²) in [6.07, 6.45) is 1.92. The SMILES string of the molecule is O=C(CCc1nc(-c2ccsc2)no1)Nc1ncn[nH]1. The first kappa shape index (κ1) is 12.5. The predicted octanol–water partition coefficient (Wildman–Crippen LogP) is 1.49. The van der Waals surface area contributed by atoms with Crippen LogP contribution in [0, 0.1) is 0 Å². The van der Waals surface area contributed by atoms with Crippen molar-refractivity contribution in [2.45, 2.75) is 12.8 Å². The molecule has 0 saturated carbocycles. The van der Waals surface area contributed by atoms with E-state index < -0.39 is 0 Å². The van der Waals surface area contributed by atoms with Crippen molar-refractivity contribution in [3.8, 4) is 11.4 Å². The van der Waals surface area contributed by atoms with E-state index in [1.807, 2.05) is 16.8 Å². The van der Waals surface area contributed by atoms with Gasteiger partial charge in [-0.05, 0) is 11.4 Å². The topological polar surface area (TPSA) is 110 Å². The van der Waals surface area contributed by atoms with E-state index in [9.17, 15) is 4.79 Å². The van der Waals surface area contributed by atoms with Gasteiger partial charge in [-0.15, -0.1) is 0 Å². The molecule has 0 aromatic carbocycles. The van der Waals surface area contributed by atoms with Gasteiger partial charge in [0.2, 0.25) is 23.6 Å². The van der Waals surface area contributed by atoms with Gasteiger partial charge in [0, 0.05) is 23.8 Å². The number of carbonyl (C=O) groups excluding carboxylic acids is 1. The van der Waals surface area contributed by atoms with Gasteiger partial charge in [-0.2, -0.15) is 26.4 Å². The van der Waals surface area contributed by atoms with Crippen LogP contribution in [-0.4, -0.2) is 31.2 Å². The molecular weight excluding hydrogens is 280 g/mol. The van der Waals surface area contributed by atoms with Crippen molar-refractivity contribution in [2.75, 3.05) is 5.32 Å². The Bertz CT molecular complexity index is 676. The standard InChI is InChI=1S/C11H10N6O2S/c18-8(14-11-12-6-13-16-11)1-2-9-15-10(17-19-9)7-3-4-20-5-7/h3-6H,1-2H2,(H2,12,13,14,16,18). The number of thiophene rings is 1. The van der Waals surface area contributed by atoms with Gasteiger partial charge in [-0.3, -0.25) is 10.1 Å². The Labute approximate surface area is 117 Å². The van der Waals surface area contributed by atoms with Crippen LogP contribution in [-0.2, 0) is 11.2 Å². The number of nitrogens with one attached hydrogen (secondary N) is 2. The fourth-order valence-corrected chi connectivity index (χ4v) is 2.18. The number of aromatic amines is 1. The lowest BCUT2D eigenvalue weighted by Gasteiger charge is -1.98. The molecule has 20 heavy (non-hydrogen) atoms. The van der Waals surface area contributed by atoms with Gasteiger partial charge in [-0.1, -0.05) is 5.16 Å². The Morgan fingerprint density at radius 2 is 2.45 bits per heavy atom. The molecule has 9 heteroatoms. The van der Waals surface area contributed by atoms with Crippen LogP contribution in [0.3, 0.4) is 0 Å². The Kier molecular flexibility index (Phi) is 3.50. The van der Waals surface area contributed by atoms with Crippen LogP contribution >= 0.6 is 11.3 Å². The number of hydrogen-bond donors (Lipinski definition) is 2. The molecule has 1 amide bonds. The Hall–Kier alpha value is -2.55. The van der Waals surface area contributed by atoms with Crippen molar-refractivity contribution in [1.82, 2.24) is 25.3 Å². The quantitative estimate of drug-likeness (QED) is 0.736. The van der Waals surface area contributed by atoms with Crippen molar-refractivity contribution < 1.29 is 9.32 Å². The van der Waals surface area contributed by atoms with Gasteiger partial charge < -0.3 is 4.52 Å². The maximum atomic E-state index is 11.6. The van der Waals surface area contributed by atoms with Crippen LogP contribution < -0.4 is 5.32 Å². The summed E-state index contributed by atoms with van der Waals surface area (Å²) < 4.78 is 5.10. The van der Waals surface area contributed by atoms with Gasteiger partial charge >= 0.3 is 0 Å². The van der Waals surface area contributed by atoms with Gasteiger partial charge in [0.15, 0.2) is 0 Å². The molecule has 8 nitrogen and oxygen atoms in total. The van der Waals surface area contributed by atoms with Gasteiger partial charge in [-0.25, -0.2) is 5.10 Å². The third-order valence-corrected chi connectivity index (χ3v) is 3.17. The highest BCUT2D eigenvalue weighted by atomic mass is 32.1. The average molecular weight is 290 g/mol. The van der Waals surface area contributed by atoms with E-state index in [0.717, 1.165) is 5.56 Å². The molecule has 0 unspecified atom stereocenters. The summed E-state index contributed by atoms with van der Waals surface area (Å²) in [6.45, 7) is 0. The molecule has 3 aromatic heterocycles. The first-order chi connectivity index (χ1) is 9.81. The summed E-state index contributed by atoms with van der Waals surface area (Å²) in [5.74, 6) is 1.09. The van der Waals surface area contributed by atoms with E-state index in [1.54, 1.807) is 11.3 Å². The number of H-pyrrole nitrogens is 1. The van der Waals surface area contributed by atoms with Crippen LogP contribution in [0.25, 0.3) is 11.4 Å². The second-order valence-electron chi connectivity index (χ2n) is 3.91. The van der Waals surface area contributed by atoms with Crippen molar-refractivity contribution in [2.24, 2.45) is 0 Å². The second-order valence-corrected chi connectivity index (χ2v) is 4.69. The molecule has 0 radical (unpaired) electrons. The van der Waals surface area contributed by atoms with Crippen LogP contribution in [0.15, 0.2) is 27.7 Å². The minimum absolute atomic E-state index is 0.197. The molecule has 0 fully saturated rings. The van der Waals surface area contributed by atoms with E-state index in [1.165, 1.54) is 6.33 Å². The maximum Gasteiger partial charge on any atom is 0.227 e. The number of rotatable bonds is 5. The van der Waals surface area contributed by atoms with Crippen LogP contribution in [0.5, 0.6) is 0 Å². The van der Waals surface area contributed by atoms with E-state index in [4.69, 9.17) is 4.52 Å². The molecule has 0 atom stereocenters. The fourth-order valence-electron chi connectivity index (χ4n) is 1.55. The molecule has 0 saturated heterocycles. The summed E-state index contributed by atoms with van der Waals surface area (Å²) in [4.78, 5) is 19.7. The van der Waals surface area contributed by atoms with E-state index >= 15 is 0 Å². The van der Waals surface area contributed by atoms with Crippen molar-refractivity contribution >= 4 is 23.2 Å². The minimum Gasteiger partial charge on any atom is -0.339 e. The lowest BCUT2D eigenvalue weighted by Crippen LogP contribution is -2.13. The molecule has 3 rings (SSSR count). The second kappa shape index (κ2) is 5.61. The smallest absolute Gasteiger partial charge is 0.227 e. The molecule has 0 aliphatic heterocycles. The molecule has 2 N–H and O–H groups in total. The largest absolute Gasteiger partial charge is 0.339 e. The lowest BCUT2D eigenvalue weighted by molar-refractivity contribution is -0.116. The molecular formula is C11H10N6O2S. The average Bonchev–Trinajstić information content (AvgIpc) is 3.18. The first-order valence-corrected chi connectivity index (χ1v) is 6.76. The minimum atomic E-state index is -0.197. The zero-order chi connectivity index (χ0) is 13.8. The third kappa shape index (κ3) is 2.88. The van der Waals surface area contributed by atoms with Crippen LogP contribution in [0.2, 0.25) is 0 Å². The zero-order valence-corrected chi connectivity index (χ0v) is 11.1. The maximum absolute atomic E-state index is 11.6. The van der Waals surface area contributed by atoms with Crippen LogP contribution in [0.1, 0.15) is 12.3 Å². The Morgan fingerprint density at radius 3 is 3.20 bits per heavy atom. The first-order valence-electron chi connectivity index (χ1n) is 5.81. The number of aromatic nitrogens is 5. The molecule has 3 aromatic rings. The highest BCUT2D eigenvalue weighted by molar-refractivity contribution is 7.08. The van der Waals surface area contributed by atoms with Crippen LogP contribution in [0.4, 0.5) is 5.95 Å². The highest BCUT2D eigenvalue weighted by Crippen LogP contribution is 2.18. The molecule has 102 valence electrons. The summed E-state index contributed by atoms with van der Waals surface area (Å²) in [7, 11) is 0. The predicted molar refractivity (Wildman–Crippen MR) is 70.9 cm³/mol. The normalized spacial score (nSPS) is 10.6. The monoisotopic (exact) mass is 290 g/mol. The van der Waals surface area contributed by atoms with Crippen molar-refractivity contribution in [1.29, 1.82) is 0 Å². The highest BCUT2D eigenvalue weighted by Gasteiger charge is 2.11. The zero-order valence-electron chi connectivity index (χ0n) is 10.2. The van der Waals surface area contributed by atoms with Gasteiger partial charge in [0.1, 0.15) is 6.33 Å². The summed E-state index contributed by atoms with van der Waals surface area (Å²) in [6, 6.07) is 1.91. The van der Waals surface area contributed by atoms with E-state index in [0.29, 0.717) is 24.1 Å². The third-order valence-electron chi connectivity index (χ3n) is 2.49. The summed E-state index contributed by atoms with van der Waals surface area (Å²) in [5, 5.41) is 16.5. The van der Waals surface area contributed by atoms with Crippen molar-refractivity contribution in [3.05, 3.63) is 29.0 Å². The number of aryl methyl sites for hydroxylation is 1. The van der Waals surface area contributed by atoms with Crippen molar-refractivity contribution in [3.63, 3.8) is 0 Å². The lowest BCUT2D eigenvalue weighted by atomic mass is 10.3. The molecule has 0 bridgehead atoms. The number of amides is 1. The number of nitrogens with zero attached hydrogens (tertiary/aromatic N) is 4. The summed E-state index contributed by atoms with van der Waals surface area (Å²) in [5.41, 5.74) is 0.913. The number of hydrogen-bond acceptors (Lipinski definition) is 7. The molecule has 3 heterocycles. The fraction of sp³-hybridized carbons (Fsp3) is 0.182. The van der Waals surface area contributed by atoms with E-state index in [-0.39, 0.29) is 12.3 Å². The van der Waals surface area contributed by atoms with E-state index in [2.05, 4.69) is 30.6 Å². The van der Waals surface area contributed by atoms with Gasteiger partial charge in [0.25, 0.3) is 0 Å². The summed E-state index contributed by atoms with van der Waals surface area (Å²) >= 11 is 1.56. The Balaban J connectivity index is 1.55. The Morgan fingerprint density at radius 1 is 1.50 bits per heavy atom. The van der Waals surface area contributed by atoms with Gasteiger partial charge in [0.05, 0.1) is 0 Å². The molecule has 0 spiro atoms. The number of anilines is 1. The molecule has 0 aliphatic carbocycles. The number of carbonyl (C=O) groups is 1. The molecule has 0 aliphatic rings.